The SMILES string of the molecule is C=CCNC(=O)OCCCCOC(C)CC. The standard InChI is InChI=1S/C12H23NO3/c1-4-8-13-12(14)16-10-7-6-9-15-11(3)5-2/h4,11H,1,5-10H2,2-3H3,(H,13,14). The summed E-state index contributed by atoms with van der Waals surface area (Å²) in [5, 5.41) is 2.54. The largest absolute Gasteiger partial charge is 0.450 e. The number of carbonyl (C=O) groups excluding carboxylic acids is 1. The molecule has 0 saturated carbocycles. The molecule has 0 aromatic heterocycles. The van der Waals surface area contributed by atoms with Gasteiger partial charge in [-0.2, -0.15) is 0 Å². The van der Waals surface area contributed by atoms with E-state index in [9.17, 15) is 4.79 Å². The number of carbonyl (C=O) groups is 1. The summed E-state index contributed by atoms with van der Waals surface area (Å²) in [5.41, 5.74) is 0. The molecule has 1 atom stereocenters. The van der Waals surface area contributed by atoms with E-state index in [0.717, 1.165) is 25.9 Å². The van der Waals surface area contributed by atoms with Gasteiger partial charge in [-0.1, -0.05) is 13.0 Å². The van der Waals surface area contributed by atoms with E-state index < -0.39 is 0 Å². The Hall–Kier alpha value is -1.03. The van der Waals surface area contributed by atoms with E-state index in [2.05, 4.69) is 25.7 Å². The van der Waals surface area contributed by atoms with Crippen LogP contribution in [0.15, 0.2) is 12.7 Å². The van der Waals surface area contributed by atoms with Crippen molar-refractivity contribution in [1.82, 2.24) is 5.32 Å². The molecule has 0 aromatic carbocycles. The van der Waals surface area contributed by atoms with Gasteiger partial charge in [-0.3, -0.25) is 0 Å². The smallest absolute Gasteiger partial charge is 0.407 e. The van der Waals surface area contributed by atoms with Crippen LogP contribution in [-0.2, 0) is 9.47 Å². The fraction of sp³-hybridized carbons (Fsp3) is 0.750. The average Bonchev–Trinajstić information content (AvgIpc) is 2.30. The first-order valence-corrected chi connectivity index (χ1v) is 5.83. The number of alkyl carbamates (subject to hydrolysis) is 1. The maximum Gasteiger partial charge on any atom is 0.407 e. The molecule has 0 rings (SSSR count). The maximum absolute atomic E-state index is 11.0. The van der Waals surface area contributed by atoms with Crippen molar-refractivity contribution in [2.45, 2.75) is 39.2 Å². The Morgan fingerprint density at radius 1 is 1.44 bits per heavy atom. The predicted molar refractivity (Wildman–Crippen MR) is 64.5 cm³/mol. The minimum atomic E-state index is -0.386. The first-order valence-electron chi connectivity index (χ1n) is 5.83. The normalized spacial score (nSPS) is 11.9. The van der Waals surface area contributed by atoms with Crippen molar-refractivity contribution in [2.75, 3.05) is 19.8 Å². The van der Waals surface area contributed by atoms with Crippen LogP contribution < -0.4 is 5.32 Å². The number of hydrogen-bond donors (Lipinski definition) is 1. The Bertz CT molecular complexity index is 195. The lowest BCUT2D eigenvalue weighted by atomic mass is 10.3. The molecule has 0 saturated heterocycles. The molecule has 4 nitrogen and oxygen atoms in total. The zero-order chi connectivity index (χ0) is 12.2. The topological polar surface area (TPSA) is 47.6 Å². The lowest BCUT2D eigenvalue weighted by molar-refractivity contribution is 0.0574. The van der Waals surface area contributed by atoms with E-state index in [0.29, 0.717) is 19.3 Å². The number of unbranched alkanes of at least 4 members (excludes halogenated alkanes) is 1. The number of rotatable bonds is 9. The zero-order valence-corrected chi connectivity index (χ0v) is 10.3. The molecule has 94 valence electrons. The van der Waals surface area contributed by atoms with Crippen LogP contribution in [-0.4, -0.2) is 32.0 Å². The first-order chi connectivity index (χ1) is 7.70. The molecule has 0 fully saturated rings. The summed E-state index contributed by atoms with van der Waals surface area (Å²) in [6.45, 7) is 9.25. The second-order valence-corrected chi connectivity index (χ2v) is 3.60. The summed E-state index contributed by atoms with van der Waals surface area (Å²) in [7, 11) is 0. The Kier molecular flexibility index (Phi) is 9.81. The van der Waals surface area contributed by atoms with Gasteiger partial charge in [0.05, 0.1) is 12.7 Å². The van der Waals surface area contributed by atoms with Crippen molar-refractivity contribution in [3.63, 3.8) is 0 Å². The van der Waals surface area contributed by atoms with Crippen LogP contribution in [0.25, 0.3) is 0 Å². The molecule has 0 aliphatic carbocycles. The van der Waals surface area contributed by atoms with Crippen LogP contribution in [0.5, 0.6) is 0 Å². The highest BCUT2D eigenvalue weighted by Crippen LogP contribution is 1.99. The van der Waals surface area contributed by atoms with E-state index >= 15 is 0 Å². The number of hydrogen-bond acceptors (Lipinski definition) is 3. The molecular formula is C12H23NO3. The van der Waals surface area contributed by atoms with Crippen LogP contribution in [0.3, 0.4) is 0 Å². The molecule has 1 unspecified atom stereocenters. The molecule has 0 aromatic rings. The highest BCUT2D eigenvalue weighted by molar-refractivity contribution is 5.67. The molecule has 0 spiro atoms. The van der Waals surface area contributed by atoms with Gasteiger partial charge in [0, 0.05) is 13.2 Å². The Balaban J connectivity index is 3.20. The Morgan fingerprint density at radius 3 is 2.75 bits per heavy atom. The van der Waals surface area contributed by atoms with Gasteiger partial charge in [-0.05, 0) is 26.2 Å². The van der Waals surface area contributed by atoms with Crippen LogP contribution >= 0.6 is 0 Å². The van der Waals surface area contributed by atoms with Gasteiger partial charge in [0.2, 0.25) is 0 Å². The Morgan fingerprint density at radius 2 is 2.12 bits per heavy atom. The van der Waals surface area contributed by atoms with Gasteiger partial charge in [0.1, 0.15) is 0 Å². The lowest BCUT2D eigenvalue weighted by Gasteiger charge is -2.10. The molecule has 0 aliphatic heterocycles. The van der Waals surface area contributed by atoms with Crippen LogP contribution in [0.1, 0.15) is 33.1 Å². The van der Waals surface area contributed by atoms with Gasteiger partial charge >= 0.3 is 6.09 Å². The van der Waals surface area contributed by atoms with E-state index in [1.807, 2.05) is 0 Å². The monoisotopic (exact) mass is 229 g/mol. The zero-order valence-electron chi connectivity index (χ0n) is 10.3. The van der Waals surface area contributed by atoms with Gasteiger partial charge in [0.25, 0.3) is 0 Å². The first kappa shape index (κ1) is 15.0. The summed E-state index contributed by atoms with van der Waals surface area (Å²) >= 11 is 0. The summed E-state index contributed by atoms with van der Waals surface area (Å²) < 4.78 is 10.4. The van der Waals surface area contributed by atoms with Crippen molar-refractivity contribution in [2.24, 2.45) is 0 Å². The fourth-order valence-corrected chi connectivity index (χ4v) is 0.978. The van der Waals surface area contributed by atoms with Crippen LogP contribution in [0, 0.1) is 0 Å². The molecule has 0 heterocycles. The number of nitrogens with one attached hydrogen (secondary N) is 1. The Labute approximate surface area is 98.0 Å². The molecule has 4 heteroatoms. The van der Waals surface area contributed by atoms with Gasteiger partial charge < -0.3 is 14.8 Å². The van der Waals surface area contributed by atoms with Gasteiger partial charge in [-0.25, -0.2) is 4.79 Å². The summed E-state index contributed by atoms with van der Waals surface area (Å²) in [6.07, 6.45) is 4.32. The third-order valence-corrected chi connectivity index (χ3v) is 2.14. The van der Waals surface area contributed by atoms with Crippen molar-refractivity contribution < 1.29 is 14.3 Å². The molecule has 0 bridgehead atoms. The summed E-state index contributed by atoms with van der Waals surface area (Å²) in [4.78, 5) is 11.0. The second-order valence-electron chi connectivity index (χ2n) is 3.60. The third-order valence-electron chi connectivity index (χ3n) is 2.14. The second kappa shape index (κ2) is 10.5. The molecule has 16 heavy (non-hydrogen) atoms. The maximum atomic E-state index is 11.0. The predicted octanol–water partition coefficient (Wildman–Crippen LogP) is 2.49. The molecule has 1 N–H and O–H groups in total. The van der Waals surface area contributed by atoms with Crippen molar-refractivity contribution in [3.8, 4) is 0 Å². The molecule has 1 amide bonds. The highest BCUT2D eigenvalue weighted by Gasteiger charge is 2.00. The number of ether oxygens (including phenoxy) is 2. The molecule has 0 aliphatic rings. The van der Waals surface area contributed by atoms with Gasteiger partial charge in [0.15, 0.2) is 0 Å². The van der Waals surface area contributed by atoms with Crippen molar-refractivity contribution in [3.05, 3.63) is 12.7 Å². The van der Waals surface area contributed by atoms with Gasteiger partial charge in [-0.15, -0.1) is 6.58 Å². The average molecular weight is 229 g/mol. The summed E-state index contributed by atoms with van der Waals surface area (Å²) in [6, 6.07) is 0. The van der Waals surface area contributed by atoms with E-state index in [4.69, 9.17) is 9.47 Å². The van der Waals surface area contributed by atoms with Crippen LogP contribution in [0.2, 0.25) is 0 Å². The minimum absolute atomic E-state index is 0.316. The van der Waals surface area contributed by atoms with Crippen LogP contribution in [0.4, 0.5) is 4.79 Å². The van der Waals surface area contributed by atoms with E-state index in [-0.39, 0.29) is 6.09 Å². The van der Waals surface area contributed by atoms with E-state index in [1.54, 1.807) is 6.08 Å². The number of amides is 1. The van der Waals surface area contributed by atoms with E-state index in [1.165, 1.54) is 0 Å². The molecular weight excluding hydrogens is 206 g/mol. The highest BCUT2D eigenvalue weighted by atomic mass is 16.5. The lowest BCUT2D eigenvalue weighted by Crippen LogP contribution is -2.24. The minimum Gasteiger partial charge on any atom is -0.450 e. The van der Waals surface area contributed by atoms with Crippen molar-refractivity contribution in [1.29, 1.82) is 0 Å². The van der Waals surface area contributed by atoms with Crippen molar-refractivity contribution >= 4 is 6.09 Å². The third kappa shape index (κ3) is 9.52. The summed E-state index contributed by atoms with van der Waals surface area (Å²) in [5.74, 6) is 0. The fourth-order valence-electron chi connectivity index (χ4n) is 0.978. The molecule has 0 radical (unpaired) electrons. The quantitative estimate of drug-likeness (QED) is 0.488.